The van der Waals surface area contributed by atoms with Crippen molar-refractivity contribution in [2.45, 2.75) is 37.8 Å². The van der Waals surface area contributed by atoms with Gasteiger partial charge in [0, 0.05) is 49.9 Å². The summed E-state index contributed by atoms with van der Waals surface area (Å²) in [5, 5.41) is 15.2. The molecule has 5 heterocycles. The maximum Gasteiger partial charge on any atom is 0.256 e. The molecule has 3 aliphatic heterocycles. The monoisotopic (exact) mass is 559 g/mol. The van der Waals surface area contributed by atoms with Crippen molar-refractivity contribution >= 4 is 50.5 Å². The van der Waals surface area contributed by atoms with E-state index in [1.807, 2.05) is 12.1 Å². The number of β-amino-alcohol motifs (C(OH)–C–C–N with tert-alkyl or cyclic N) is 1. The molecule has 0 aliphatic carbocycles. The predicted octanol–water partition coefficient (Wildman–Crippen LogP) is 2.51. The van der Waals surface area contributed by atoms with E-state index >= 15 is 0 Å². The number of fused-ring (bicyclic) bond motifs is 1. The average Bonchev–Trinajstić information content (AvgIpc) is 3.24. The lowest BCUT2D eigenvalue weighted by atomic mass is 9.98. The molecule has 3 fully saturated rings. The zero-order valence-corrected chi connectivity index (χ0v) is 22.6. The number of aliphatic hydroxyl groups is 1. The first-order valence-electron chi connectivity index (χ1n) is 12.8. The number of carbonyl (C=O) groups excluding carboxylic acids is 1. The molecule has 2 N–H and O–H groups in total. The summed E-state index contributed by atoms with van der Waals surface area (Å²) in [5.74, 6) is 1.45. The van der Waals surface area contributed by atoms with E-state index in [0.29, 0.717) is 30.3 Å². The Morgan fingerprint density at radius 2 is 1.87 bits per heavy atom. The predicted molar refractivity (Wildman–Crippen MR) is 146 cm³/mol. The zero-order valence-electron chi connectivity index (χ0n) is 21.0. The van der Waals surface area contributed by atoms with Gasteiger partial charge < -0.3 is 19.8 Å². The highest BCUT2D eigenvalue weighted by Gasteiger charge is 2.34. The second-order valence-electron chi connectivity index (χ2n) is 10.3. The topological polar surface area (TPSA) is 123 Å². The van der Waals surface area contributed by atoms with Gasteiger partial charge in [0.15, 0.2) is 5.65 Å². The number of rotatable bonds is 6. The highest BCUT2D eigenvalue weighted by atomic mass is 35.5. The molecule has 202 valence electrons. The molecule has 3 aromatic rings. The SMILES string of the molecule is CS(=O)(=O)Nc1ccc(Cl)cc1C(=O)N1CCCC[C@H]1c1cc2nc(N3CCC3)cc(N3CC(O)C3)n2n1. The number of benzene rings is 1. The fourth-order valence-corrected chi connectivity index (χ4v) is 6.07. The molecule has 3 saturated heterocycles. The number of amides is 1. The highest BCUT2D eigenvalue weighted by molar-refractivity contribution is 7.92. The Balaban J connectivity index is 1.38. The van der Waals surface area contributed by atoms with Gasteiger partial charge in [0.05, 0.1) is 35.3 Å². The van der Waals surface area contributed by atoms with Crippen molar-refractivity contribution in [2.24, 2.45) is 0 Å². The first-order valence-corrected chi connectivity index (χ1v) is 15.1. The summed E-state index contributed by atoms with van der Waals surface area (Å²) in [6.07, 6.45) is 4.31. The van der Waals surface area contributed by atoms with E-state index in [1.54, 1.807) is 15.5 Å². The van der Waals surface area contributed by atoms with Crippen LogP contribution in [0.1, 0.15) is 47.8 Å². The first-order chi connectivity index (χ1) is 18.2. The number of nitrogens with one attached hydrogen (secondary N) is 1. The molecule has 0 radical (unpaired) electrons. The summed E-state index contributed by atoms with van der Waals surface area (Å²) < 4.78 is 28.1. The minimum Gasteiger partial charge on any atom is -0.389 e. The van der Waals surface area contributed by atoms with E-state index in [4.69, 9.17) is 21.7 Å². The Labute approximate surface area is 226 Å². The molecule has 2 aromatic heterocycles. The fraction of sp³-hybridized carbons (Fsp3) is 0.480. The molecular weight excluding hydrogens is 530 g/mol. The summed E-state index contributed by atoms with van der Waals surface area (Å²) in [5.41, 5.74) is 1.82. The number of anilines is 3. The normalized spacial score (nSPS) is 20.4. The van der Waals surface area contributed by atoms with E-state index in [2.05, 4.69) is 14.5 Å². The quantitative estimate of drug-likeness (QED) is 0.472. The summed E-state index contributed by atoms with van der Waals surface area (Å²) in [6.45, 7) is 3.50. The Morgan fingerprint density at radius 1 is 1.08 bits per heavy atom. The van der Waals surface area contributed by atoms with Crippen LogP contribution in [-0.4, -0.2) is 84.0 Å². The van der Waals surface area contributed by atoms with Crippen molar-refractivity contribution in [1.29, 1.82) is 0 Å². The Bertz CT molecular complexity index is 1500. The number of halogens is 1. The van der Waals surface area contributed by atoms with Gasteiger partial charge in [0.25, 0.3) is 5.91 Å². The maximum absolute atomic E-state index is 13.9. The number of aliphatic hydroxyl groups excluding tert-OH is 1. The highest BCUT2D eigenvalue weighted by Crippen LogP contribution is 2.36. The second kappa shape index (κ2) is 9.58. The minimum absolute atomic E-state index is 0.195. The molecular formula is C25H30ClN7O4S. The number of hydrogen-bond donors (Lipinski definition) is 2. The van der Waals surface area contributed by atoms with Crippen molar-refractivity contribution in [3.63, 3.8) is 0 Å². The van der Waals surface area contributed by atoms with Crippen LogP contribution in [-0.2, 0) is 10.0 Å². The van der Waals surface area contributed by atoms with Crippen LogP contribution in [0.15, 0.2) is 30.3 Å². The molecule has 0 saturated carbocycles. The third kappa shape index (κ3) is 4.76. The second-order valence-corrected chi connectivity index (χ2v) is 12.5. The van der Waals surface area contributed by atoms with E-state index in [-0.39, 0.29) is 29.3 Å². The summed E-state index contributed by atoms with van der Waals surface area (Å²) in [6, 6.07) is 8.22. The number of piperidine rings is 1. The van der Waals surface area contributed by atoms with Crippen LogP contribution in [0.5, 0.6) is 0 Å². The standard InChI is InChI=1S/C25H30ClN7O4S/c1-38(36,37)29-19-7-6-16(26)11-18(19)25(35)32-10-3-2-5-21(32)20-12-23-27-22(30-8-4-9-30)13-24(33(23)28-20)31-14-17(34)15-31/h6-7,11-13,17,21,29,34H,2-5,8-10,14-15H2,1H3/t21-/m0/s1. The first kappa shape index (κ1) is 25.2. The van der Waals surface area contributed by atoms with Crippen molar-refractivity contribution in [3.05, 3.63) is 46.6 Å². The van der Waals surface area contributed by atoms with Crippen LogP contribution in [0.25, 0.3) is 5.65 Å². The molecule has 1 atom stereocenters. The Morgan fingerprint density at radius 3 is 2.55 bits per heavy atom. The number of nitrogens with zero attached hydrogens (tertiary/aromatic N) is 6. The lowest BCUT2D eigenvalue weighted by Crippen LogP contribution is -2.51. The van der Waals surface area contributed by atoms with Crippen LogP contribution >= 0.6 is 11.6 Å². The number of aromatic nitrogens is 3. The zero-order chi connectivity index (χ0) is 26.6. The summed E-state index contributed by atoms with van der Waals surface area (Å²) >= 11 is 6.21. The summed E-state index contributed by atoms with van der Waals surface area (Å²) in [7, 11) is -3.60. The van der Waals surface area contributed by atoms with Gasteiger partial charge in [-0.25, -0.2) is 13.4 Å². The van der Waals surface area contributed by atoms with Crippen LogP contribution in [0.2, 0.25) is 5.02 Å². The Kier molecular flexibility index (Phi) is 6.36. The molecule has 6 rings (SSSR count). The lowest BCUT2D eigenvalue weighted by molar-refractivity contribution is 0.0606. The summed E-state index contributed by atoms with van der Waals surface area (Å²) in [4.78, 5) is 24.8. The van der Waals surface area contributed by atoms with Crippen LogP contribution < -0.4 is 14.5 Å². The average molecular weight is 560 g/mol. The minimum atomic E-state index is -3.60. The molecule has 38 heavy (non-hydrogen) atoms. The molecule has 3 aliphatic rings. The molecule has 0 spiro atoms. The fourth-order valence-electron chi connectivity index (χ4n) is 5.32. The molecule has 13 heteroatoms. The number of likely N-dealkylation sites (tertiary alicyclic amines) is 1. The number of hydrogen-bond acceptors (Lipinski definition) is 8. The lowest BCUT2D eigenvalue weighted by Gasteiger charge is -2.39. The van der Waals surface area contributed by atoms with Gasteiger partial charge in [-0.15, -0.1) is 0 Å². The van der Waals surface area contributed by atoms with Gasteiger partial charge in [-0.1, -0.05) is 11.6 Å². The number of sulfonamides is 1. The van der Waals surface area contributed by atoms with E-state index in [0.717, 1.165) is 62.4 Å². The van der Waals surface area contributed by atoms with Gasteiger partial charge >= 0.3 is 0 Å². The van der Waals surface area contributed by atoms with Gasteiger partial charge in [-0.3, -0.25) is 9.52 Å². The van der Waals surface area contributed by atoms with Gasteiger partial charge in [0.1, 0.15) is 11.6 Å². The van der Waals surface area contributed by atoms with E-state index in [9.17, 15) is 18.3 Å². The Hall–Kier alpha value is -3.09. The van der Waals surface area contributed by atoms with Gasteiger partial charge in [-0.2, -0.15) is 9.61 Å². The van der Waals surface area contributed by atoms with Crippen LogP contribution in [0, 0.1) is 0 Å². The molecule has 0 bridgehead atoms. The molecule has 11 nitrogen and oxygen atoms in total. The van der Waals surface area contributed by atoms with Gasteiger partial charge in [-0.05, 0) is 43.9 Å². The molecule has 1 amide bonds. The van der Waals surface area contributed by atoms with E-state index < -0.39 is 10.0 Å². The third-order valence-electron chi connectivity index (χ3n) is 7.39. The van der Waals surface area contributed by atoms with Crippen molar-refractivity contribution < 1.29 is 18.3 Å². The smallest absolute Gasteiger partial charge is 0.256 e. The van der Waals surface area contributed by atoms with E-state index in [1.165, 1.54) is 12.1 Å². The largest absolute Gasteiger partial charge is 0.389 e. The van der Waals surface area contributed by atoms with Gasteiger partial charge in [0.2, 0.25) is 10.0 Å². The van der Waals surface area contributed by atoms with Crippen molar-refractivity contribution in [3.8, 4) is 0 Å². The van der Waals surface area contributed by atoms with Crippen LogP contribution in [0.3, 0.4) is 0 Å². The third-order valence-corrected chi connectivity index (χ3v) is 8.22. The van der Waals surface area contributed by atoms with Crippen LogP contribution in [0.4, 0.5) is 17.3 Å². The van der Waals surface area contributed by atoms with Crippen molar-refractivity contribution in [1.82, 2.24) is 19.5 Å². The molecule has 1 aromatic carbocycles. The molecule has 0 unspecified atom stereocenters. The maximum atomic E-state index is 13.9. The van der Waals surface area contributed by atoms with Crippen molar-refractivity contribution in [2.75, 3.05) is 53.5 Å². The number of carbonyl (C=O) groups is 1.